The molecule has 6 heteroatoms. The Labute approximate surface area is 140 Å². The molecule has 1 aromatic carbocycles. The van der Waals surface area contributed by atoms with Gasteiger partial charge in [0, 0.05) is 18.5 Å². The Morgan fingerprint density at radius 2 is 2.04 bits per heavy atom. The smallest absolute Gasteiger partial charge is 0.272 e. The van der Waals surface area contributed by atoms with Crippen LogP contribution in [-0.4, -0.2) is 40.0 Å². The van der Waals surface area contributed by atoms with Crippen molar-refractivity contribution in [2.75, 3.05) is 19.6 Å². The number of nitrogens with one attached hydrogen (secondary N) is 1. The molecule has 3 rings (SSSR count). The van der Waals surface area contributed by atoms with Crippen LogP contribution in [0.15, 0.2) is 29.6 Å². The van der Waals surface area contributed by atoms with Crippen LogP contribution >= 0.6 is 11.5 Å². The number of amides is 1. The van der Waals surface area contributed by atoms with Gasteiger partial charge in [-0.3, -0.25) is 9.69 Å². The van der Waals surface area contributed by atoms with Gasteiger partial charge in [0.05, 0.1) is 0 Å². The standard InChI is InChI=1S/C17H22N4OS/c1-13-2-4-15(5-3-13)11-21-8-6-14(7-9-21)10-18-17(22)16-12-23-20-19-16/h2-5,12,14H,6-11H2,1H3,(H,18,22). The molecule has 2 heterocycles. The molecule has 0 aliphatic carbocycles. The van der Waals surface area contributed by atoms with Crippen LogP contribution in [0.2, 0.25) is 0 Å². The summed E-state index contributed by atoms with van der Waals surface area (Å²) in [4.78, 5) is 14.4. The molecule has 0 spiro atoms. The summed E-state index contributed by atoms with van der Waals surface area (Å²) in [6.07, 6.45) is 2.25. The first-order valence-electron chi connectivity index (χ1n) is 8.04. The molecule has 2 aromatic rings. The third kappa shape index (κ3) is 4.59. The summed E-state index contributed by atoms with van der Waals surface area (Å²) in [5, 5.41) is 8.45. The molecule has 1 amide bonds. The molecule has 0 unspecified atom stereocenters. The van der Waals surface area contributed by atoms with Gasteiger partial charge in [0.15, 0.2) is 5.69 Å². The van der Waals surface area contributed by atoms with Crippen LogP contribution in [0, 0.1) is 12.8 Å². The second-order valence-electron chi connectivity index (χ2n) is 6.21. The molecule has 122 valence electrons. The normalized spacial score (nSPS) is 16.4. The molecule has 1 N–H and O–H groups in total. The minimum atomic E-state index is -0.110. The number of aromatic nitrogens is 2. The van der Waals surface area contributed by atoms with Gasteiger partial charge in [-0.25, -0.2) is 0 Å². The van der Waals surface area contributed by atoms with E-state index in [1.165, 1.54) is 22.7 Å². The highest BCUT2D eigenvalue weighted by Gasteiger charge is 2.20. The van der Waals surface area contributed by atoms with Crippen LogP contribution in [-0.2, 0) is 6.54 Å². The maximum Gasteiger partial charge on any atom is 0.272 e. The minimum absolute atomic E-state index is 0.110. The number of benzene rings is 1. The SMILES string of the molecule is Cc1ccc(CN2CCC(CNC(=O)c3csnn3)CC2)cc1. The summed E-state index contributed by atoms with van der Waals surface area (Å²) < 4.78 is 3.72. The Bertz CT molecular complexity index is 619. The Morgan fingerprint density at radius 3 is 2.70 bits per heavy atom. The van der Waals surface area contributed by atoms with Gasteiger partial charge in [0.1, 0.15) is 0 Å². The zero-order chi connectivity index (χ0) is 16.1. The molecule has 0 atom stereocenters. The summed E-state index contributed by atoms with van der Waals surface area (Å²) in [5.74, 6) is 0.445. The van der Waals surface area contributed by atoms with Crippen molar-refractivity contribution in [1.82, 2.24) is 19.8 Å². The number of carbonyl (C=O) groups is 1. The van der Waals surface area contributed by atoms with E-state index < -0.39 is 0 Å². The fraction of sp³-hybridized carbons (Fsp3) is 0.471. The third-order valence-corrected chi connectivity index (χ3v) is 4.88. The molecule has 1 saturated heterocycles. The van der Waals surface area contributed by atoms with Gasteiger partial charge in [-0.1, -0.05) is 34.3 Å². The number of rotatable bonds is 5. The Kier molecular flexibility index (Phi) is 5.35. The molecule has 0 bridgehead atoms. The Balaban J connectivity index is 1.40. The lowest BCUT2D eigenvalue weighted by molar-refractivity contribution is 0.0930. The van der Waals surface area contributed by atoms with Crippen molar-refractivity contribution in [1.29, 1.82) is 0 Å². The van der Waals surface area contributed by atoms with E-state index in [4.69, 9.17) is 0 Å². The zero-order valence-corrected chi connectivity index (χ0v) is 14.2. The molecule has 1 aromatic heterocycles. The highest BCUT2D eigenvalue weighted by Crippen LogP contribution is 2.18. The fourth-order valence-corrected chi connectivity index (χ4v) is 3.33. The van der Waals surface area contributed by atoms with E-state index in [1.54, 1.807) is 5.38 Å². The second kappa shape index (κ2) is 7.66. The van der Waals surface area contributed by atoms with Crippen molar-refractivity contribution in [2.24, 2.45) is 5.92 Å². The van der Waals surface area contributed by atoms with Crippen LogP contribution in [0.25, 0.3) is 0 Å². The summed E-state index contributed by atoms with van der Waals surface area (Å²) >= 11 is 1.20. The lowest BCUT2D eigenvalue weighted by Crippen LogP contribution is -2.38. The Hall–Kier alpha value is -1.79. The molecule has 0 saturated carbocycles. The van der Waals surface area contributed by atoms with Crippen molar-refractivity contribution < 1.29 is 4.79 Å². The van der Waals surface area contributed by atoms with Crippen molar-refractivity contribution >= 4 is 17.4 Å². The number of carbonyl (C=O) groups excluding carboxylic acids is 1. The van der Waals surface area contributed by atoms with E-state index in [2.05, 4.69) is 51.0 Å². The van der Waals surface area contributed by atoms with Gasteiger partial charge in [-0.15, -0.1) is 5.10 Å². The van der Waals surface area contributed by atoms with E-state index in [9.17, 15) is 4.79 Å². The monoisotopic (exact) mass is 330 g/mol. The van der Waals surface area contributed by atoms with E-state index in [0.717, 1.165) is 39.0 Å². The lowest BCUT2D eigenvalue weighted by Gasteiger charge is -2.32. The van der Waals surface area contributed by atoms with Crippen LogP contribution in [0.3, 0.4) is 0 Å². The van der Waals surface area contributed by atoms with Crippen LogP contribution in [0.5, 0.6) is 0 Å². The zero-order valence-electron chi connectivity index (χ0n) is 13.4. The van der Waals surface area contributed by atoms with E-state index in [-0.39, 0.29) is 5.91 Å². The molecular weight excluding hydrogens is 308 g/mol. The number of nitrogens with zero attached hydrogens (tertiary/aromatic N) is 3. The highest BCUT2D eigenvalue weighted by atomic mass is 32.1. The molecule has 1 aliphatic heterocycles. The first-order chi connectivity index (χ1) is 11.2. The van der Waals surface area contributed by atoms with Gasteiger partial charge in [-0.2, -0.15) is 0 Å². The molecule has 1 fully saturated rings. The summed E-state index contributed by atoms with van der Waals surface area (Å²) in [5.41, 5.74) is 3.10. The van der Waals surface area contributed by atoms with Gasteiger partial charge >= 0.3 is 0 Å². The van der Waals surface area contributed by atoms with Crippen LogP contribution in [0.1, 0.15) is 34.5 Å². The average molecular weight is 330 g/mol. The van der Waals surface area contributed by atoms with Gasteiger partial charge in [0.25, 0.3) is 5.91 Å². The maximum absolute atomic E-state index is 11.9. The topological polar surface area (TPSA) is 58.1 Å². The van der Waals surface area contributed by atoms with Crippen molar-refractivity contribution in [3.8, 4) is 0 Å². The average Bonchev–Trinajstić information content (AvgIpc) is 3.11. The number of likely N-dealkylation sites (tertiary alicyclic amines) is 1. The summed E-state index contributed by atoms with van der Waals surface area (Å²) in [6, 6.07) is 8.77. The van der Waals surface area contributed by atoms with Crippen LogP contribution < -0.4 is 5.32 Å². The first kappa shape index (κ1) is 16.1. The fourth-order valence-electron chi connectivity index (χ4n) is 2.89. The predicted molar refractivity (Wildman–Crippen MR) is 91.4 cm³/mol. The van der Waals surface area contributed by atoms with Crippen molar-refractivity contribution in [2.45, 2.75) is 26.3 Å². The number of piperidine rings is 1. The molecular formula is C17H22N4OS. The molecule has 0 radical (unpaired) electrons. The lowest BCUT2D eigenvalue weighted by atomic mass is 9.96. The molecule has 23 heavy (non-hydrogen) atoms. The van der Waals surface area contributed by atoms with Crippen molar-refractivity contribution in [3.63, 3.8) is 0 Å². The molecule has 5 nitrogen and oxygen atoms in total. The van der Waals surface area contributed by atoms with E-state index in [0.29, 0.717) is 11.6 Å². The van der Waals surface area contributed by atoms with Gasteiger partial charge in [0.2, 0.25) is 0 Å². The summed E-state index contributed by atoms with van der Waals surface area (Å²) in [6.45, 7) is 6.04. The highest BCUT2D eigenvalue weighted by molar-refractivity contribution is 7.03. The largest absolute Gasteiger partial charge is 0.350 e. The van der Waals surface area contributed by atoms with E-state index in [1.807, 2.05) is 0 Å². The predicted octanol–water partition coefficient (Wildman–Crippen LogP) is 2.49. The maximum atomic E-state index is 11.9. The Morgan fingerprint density at radius 1 is 1.30 bits per heavy atom. The minimum Gasteiger partial charge on any atom is -0.350 e. The second-order valence-corrected chi connectivity index (χ2v) is 6.82. The van der Waals surface area contributed by atoms with Crippen molar-refractivity contribution in [3.05, 3.63) is 46.5 Å². The number of hydrogen-bond donors (Lipinski definition) is 1. The van der Waals surface area contributed by atoms with Gasteiger partial charge < -0.3 is 5.32 Å². The number of aryl methyl sites for hydroxylation is 1. The van der Waals surface area contributed by atoms with Crippen LogP contribution in [0.4, 0.5) is 0 Å². The number of hydrogen-bond acceptors (Lipinski definition) is 5. The van der Waals surface area contributed by atoms with Gasteiger partial charge in [-0.05, 0) is 55.9 Å². The third-order valence-electron chi connectivity index (χ3n) is 4.38. The summed E-state index contributed by atoms with van der Waals surface area (Å²) in [7, 11) is 0. The first-order valence-corrected chi connectivity index (χ1v) is 8.87. The van der Waals surface area contributed by atoms with E-state index >= 15 is 0 Å². The molecule has 1 aliphatic rings. The quantitative estimate of drug-likeness (QED) is 0.915.